The summed E-state index contributed by atoms with van der Waals surface area (Å²) < 4.78 is 0. The van der Waals surface area contributed by atoms with Gasteiger partial charge in [0.1, 0.15) is 16.8 Å². The van der Waals surface area contributed by atoms with Crippen LogP contribution < -0.4 is 4.84 Å². The molecule has 2 rings (SSSR count). The summed E-state index contributed by atoms with van der Waals surface area (Å²) in [6.07, 6.45) is 5.70. The van der Waals surface area contributed by atoms with Crippen LogP contribution in [0, 0.1) is 6.92 Å². The lowest BCUT2D eigenvalue weighted by Crippen LogP contribution is -2.12. The summed E-state index contributed by atoms with van der Waals surface area (Å²) in [5.74, 6) is 0.740. The van der Waals surface area contributed by atoms with E-state index in [1.165, 1.54) is 24.1 Å². The van der Waals surface area contributed by atoms with Gasteiger partial charge in [0.05, 0.1) is 0 Å². The molecular weight excluding hydrogens is 238 g/mol. The molecule has 102 valence electrons. The number of aryl methyl sites for hydroxylation is 1. The average Bonchev–Trinajstić information content (AvgIpc) is 2.77. The summed E-state index contributed by atoms with van der Waals surface area (Å²) in [4.78, 5) is 7.11. The van der Waals surface area contributed by atoms with Crippen LogP contribution in [0.4, 0.5) is 0 Å². The molecule has 1 aromatic heterocycles. The van der Waals surface area contributed by atoms with Crippen molar-refractivity contribution in [3.63, 3.8) is 0 Å². The Hall–Kier alpha value is -1.84. The second-order valence-corrected chi connectivity index (χ2v) is 4.90. The van der Waals surface area contributed by atoms with E-state index in [1.54, 1.807) is 0 Å². The van der Waals surface area contributed by atoms with Gasteiger partial charge in [0.2, 0.25) is 0 Å². The molecule has 2 aromatic rings. The van der Waals surface area contributed by atoms with Crippen LogP contribution in [0.25, 0.3) is 11.0 Å². The predicted molar refractivity (Wildman–Crippen MR) is 76.7 cm³/mol. The molecule has 1 aromatic carbocycles. The molecular formula is C15H21N3O. The van der Waals surface area contributed by atoms with Gasteiger partial charge in [0, 0.05) is 6.42 Å². The van der Waals surface area contributed by atoms with E-state index in [1.807, 2.05) is 25.1 Å². The molecule has 0 aliphatic carbocycles. The van der Waals surface area contributed by atoms with E-state index >= 15 is 0 Å². The smallest absolute Gasteiger partial charge is 0.131 e. The molecule has 0 unspecified atom stereocenters. The third-order valence-corrected chi connectivity index (χ3v) is 3.10. The minimum absolute atomic E-state index is 0.740. The highest BCUT2D eigenvalue weighted by Gasteiger charge is 2.06. The molecule has 0 radical (unpaired) electrons. The topological polar surface area (TPSA) is 39.9 Å². The second kappa shape index (κ2) is 6.36. The summed E-state index contributed by atoms with van der Waals surface area (Å²) in [5.41, 5.74) is 2.88. The zero-order valence-electron chi connectivity index (χ0n) is 11.7. The van der Waals surface area contributed by atoms with Gasteiger partial charge in [0.15, 0.2) is 0 Å². The van der Waals surface area contributed by atoms with Gasteiger partial charge in [-0.1, -0.05) is 43.7 Å². The molecule has 0 amide bonds. The highest BCUT2D eigenvalue weighted by molar-refractivity contribution is 5.74. The maximum atomic E-state index is 5.65. The molecule has 0 spiro atoms. The Morgan fingerprint density at radius 2 is 2.16 bits per heavy atom. The summed E-state index contributed by atoms with van der Waals surface area (Å²) in [6.45, 7) is 8.19. The van der Waals surface area contributed by atoms with Crippen molar-refractivity contribution in [2.45, 2.75) is 46.0 Å². The Kier molecular flexibility index (Phi) is 4.55. The molecule has 0 atom stereocenters. The number of unbranched alkanes of at least 4 members (excludes halogenated alkanes) is 3. The lowest BCUT2D eigenvalue weighted by molar-refractivity contribution is 0.144. The largest absolute Gasteiger partial charge is 0.361 e. The van der Waals surface area contributed by atoms with Gasteiger partial charge in [0.25, 0.3) is 0 Å². The molecule has 0 aliphatic heterocycles. The minimum Gasteiger partial charge on any atom is -0.361 e. The van der Waals surface area contributed by atoms with E-state index in [9.17, 15) is 0 Å². The fraction of sp³-hybridized carbons (Fsp3) is 0.467. The van der Waals surface area contributed by atoms with Crippen LogP contribution in [0.15, 0.2) is 30.5 Å². The van der Waals surface area contributed by atoms with E-state index in [-0.39, 0.29) is 0 Å². The first-order valence-corrected chi connectivity index (χ1v) is 6.89. The lowest BCUT2D eigenvalue weighted by Gasteiger charge is -2.07. The molecule has 0 N–H and O–H groups in total. The number of hydrogen-bond acceptors (Lipinski definition) is 3. The first-order chi connectivity index (χ1) is 9.20. The van der Waals surface area contributed by atoms with Crippen molar-refractivity contribution in [2.24, 2.45) is 0 Å². The van der Waals surface area contributed by atoms with Gasteiger partial charge < -0.3 is 4.84 Å². The fourth-order valence-corrected chi connectivity index (χ4v) is 1.99. The van der Waals surface area contributed by atoms with Crippen molar-refractivity contribution in [3.05, 3.63) is 36.1 Å². The van der Waals surface area contributed by atoms with Gasteiger partial charge in [-0.25, -0.2) is 0 Å². The number of benzene rings is 1. The molecule has 4 heteroatoms. The Morgan fingerprint density at radius 1 is 1.32 bits per heavy atom. The van der Waals surface area contributed by atoms with E-state index in [4.69, 9.17) is 4.84 Å². The Morgan fingerprint density at radius 3 is 2.95 bits per heavy atom. The van der Waals surface area contributed by atoms with E-state index < -0.39 is 0 Å². The Balaban J connectivity index is 1.97. The highest BCUT2D eigenvalue weighted by atomic mass is 16.7. The van der Waals surface area contributed by atoms with Gasteiger partial charge in [-0.15, -0.1) is 5.10 Å². The zero-order chi connectivity index (χ0) is 13.7. The quantitative estimate of drug-likeness (QED) is 0.563. The van der Waals surface area contributed by atoms with Gasteiger partial charge in [-0.3, -0.25) is 0 Å². The maximum Gasteiger partial charge on any atom is 0.131 e. The van der Waals surface area contributed by atoms with Crippen LogP contribution in [0.3, 0.4) is 0 Å². The molecule has 0 saturated carbocycles. The predicted octanol–water partition coefficient (Wildman–Crippen LogP) is 3.65. The van der Waals surface area contributed by atoms with Crippen LogP contribution in [-0.2, 0) is 0 Å². The minimum atomic E-state index is 0.740. The van der Waals surface area contributed by atoms with Crippen LogP contribution in [0.1, 0.15) is 44.6 Å². The fourth-order valence-electron chi connectivity index (χ4n) is 1.99. The SMILES string of the molecule is C=C(CCCCCC)On1nnc2ccc(C)cc21. The first-order valence-electron chi connectivity index (χ1n) is 6.89. The third kappa shape index (κ3) is 3.56. The number of allylic oxidation sites excluding steroid dienone is 1. The maximum absolute atomic E-state index is 5.65. The third-order valence-electron chi connectivity index (χ3n) is 3.10. The van der Waals surface area contributed by atoms with Crippen LogP contribution in [-0.4, -0.2) is 15.2 Å². The number of aromatic nitrogens is 3. The molecule has 0 fully saturated rings. The summed E-state index contributed by atoms with van der Waals surface area (Å²) in [6, 6.07) is 5.97. The Bertz CT molecular complexity index is 560. The van der Waals surface area contributed by atoms with Crippen molar-refractivity contribution in [3.8, 4) is 0 Å². The van der Waals surface area contributed by atoms with Crippen molar-refractivity contribution in [1.29, 1.82) is 0 Å². The summed E-state index contributed by atoms with van der Waals surface area (Å²) in [5, 5.41) is 8.07. The van der Waals surface area contributed by atoms with Crippen molar-refractivity contribution < 1.29 is 4.84 Å². The monoisotopic (exact) mass is 259 g/mol. The van der Waals surface area contributed by atoms with E-state index in [2.05, 4.69) is 23.8 Å². The molecule has 0 bridgehead atoms. The van der Waals surface area contributed by atoms with E-state index in [0.717, 1.165) is 35.2 Å². The Labute approximate surface area is 114 Å². The van der Waals surface area contributed by atoms with Crippen molar-refractivity contribution >= 4 is 11.0 Å². The highest BCUT2D eigenvalue weighted by Crippen LogP contribution is 2.14. The molecule has 19 heavy (non-hydrogen) atoms. The van der Waals surface area contributed by atoms with Crippen LogP contribution in [0.5, 0.6) is 0 Å². The number of fused-ring (bicyclic) bond motifs is 1. The first kappa shape index (κ1) is 13.6. The number of hydrogen-bond donors (Lipinski definition) is 0. The van der Waals surface area contributed by atoms with Crippen molar-refractivity contribution in [1.82, 2.24) is 15.2 Å². The van der Waals surface area contributed by atoms with E-state index in [0.29, 0.717) is 0 Å². The number of rotatable bonds is 7. The molecule has 4 nitrogen and oxygen atoms in total. The van der Waals surface area contributed by atoms with Gasteiger partial charge in [-0.05, 0) is 36.3 Å². The zero-order valence-corrected chi connectivity index (χ0v) is 11.7. The summed E-state index contributed by atoms with van der Waals surface area (Å²) in [7, 11) is 0. The summed E-state index contributed by atoms with van der Waals surface area (Å²) >= 11 is 0. The standard InChI is InChI=1S/C15H21N3O/c1-4-5-6-7-8-13(3)19-18-15-11-12(2)9-10-14(15)16-17-18/h9-11H,3-8H2,1-2H3. The second-order valence-electron chi connectivity index (χ2n) is 4.90. The number of nitrogens with zero attached hydrogens (tertiary/aromatic N) is 3. The molecule has 1 heterocycles. The normalized spacial score (nSPS) is 10.8. The van der Waals surface area contributed by atoms with Gasteiger partial charge >= 0.3 is 0 Å². The molecule has 0 aliphatic rings. The van der Waals surface area contributed by atoms with Crippen LogP contribution >= 0.6 is 0 Å². The molecule has 0 saturated heterocycles. The van der Waals surface area contributed by atoms with Gasteiger partial charge in [-0.2, -0.15) is 0 Å². The average molecular weight is 259 g/mol. The lowest BCUT2D eigenvalue weighted by atomic mass is 10.1. The van der Waals surface area contributed by atoms with Crippen molar-refractivity contribution in [2.75, 3.05) is 0 Å². The van der Waals surface area contributed by atoms with Crippen LogP contribution in [0.2, 0.25) is 0 Å².